The summed E-state index contributed by atoms with van der Waals surface area (Å²) in [5.74, 6) is 1.08. The van der Waals surface area contributed by atoms with Gasteiger partial charge in [0.05, 0.1) is 18.5 Å². The van der Waals surface area contributed by atoms with Crippen molar-refractivity contribution in [2.45, 2.75) is 26.2 Å². The van der Waals surface area contributed by atoms with Crippen LogP contribution in [0.3, 0.4) is 0 Å². The first-order valence-corrected chi connectivity index (χ1v) is 6.61. The molecule has 1 aromatic heterocycles. The molecule has 0 spiro atoms. The van der Waals surface area contributed by atoms with Gasteiger partial charge in [0.25, 0.3) is 5.88 Å². The van der Waals surface area contributed by atoms with Gasteiger partial charge in [0.1, 0.15) is 0 Å². The third-order valence-corrected chi connectivity index (χ3v) is 3.58. The van der Waals surface area contributed by atoms with Crippen LogP contribution in [0.1, 0.15) is 25.5 Å². The largest absolute Gasteiger partial charge is 0.478 e. The van der Waals surface area contributed by atoms with E-state index in [9.17, 15) is 0 Å². The average Bonchev–Trinajstić information content (AvgIpc) is 2.39. The molecule has 0 bridgehead atoms. The second-order valence-corrected chi connectivity index (χ2v) is 4.91. The van der Waals surface area contributed by atoms with Crippen LogP contribution in [0, 0.1) is 5.92 Å². The molecule has 1 aliphatic heterocycles. The highest BCUT2D eigenvalue weighted by molar-refractivity contribution is 5.47. The highest BCUT2D eigenvalue weighted by Gasteiger charge is 2.20. The summed E-state index contributed by atoms with van der Waals surface area (Å²) in [6, 6.07) is 1.89. The number of nitrogen functional groups attached to an aromatic ring is 1. The number of aromatic nitrogens is 2. The minimum Gasteiger partial charge on any atom is -0.478 e. The van der Waals surface area contributed by atoms with Gasteiger partial charge in [-0.1, -0.05) is 6.92 Å². The Bertz CT molecular complexity index is 397. The summed E-state index contributed by atoms with van der Waals surface area (Å²) in [5.41, 5.74) is 7.40. The molecular formula is C13H22N4O. The van der Waals surface area contributed by atoms with Crippen LogP contribution < -0.4 is 10.5 Å². The Morgan fingerprint density at radius 3 is 3.00 bits per heavy atom. The van der Waals surface area contributed by atoms with E-state index in [1.54, 1.807) is 7.11 Å². The van der Waals surface area contributed by atoms with E-state index in [1.807, 2.05) is 6.07 Å². The van der Waals surface area contributed by atoms with Crippen molar-refractivity contribution >= 4 is 5.69 Å². The van der Waals surface area contributed by atoms with Crippen LogP contribution in [-0.2, 0) is 6.42 Å². The minimum atomic E-state index is 0.414. The highest BCUT2D eigenvalue weighted by atomic mass is 16.5. The van der Waals surface area contributed by atoms with Crippen LogP contribution in [0.2, 0.25) is 0 Å². The van der Waals surface area contributed by atoms with E-state index in [-0.39, 0.29) is 0 Å². The molecule has 1 unspecified atom stereocenters. The highest BCUT2D eigenvalue weighted by Crippen LogP contribution is 2.22. The summed E-state index contributed by atoms with van der Waals surface area (Å²) in [4.78, 5) is 2.49. The minimum absolute atomic E-state index is 0.414. The number of hydrogen-bond acceptors (Lipinski definition) is 5. The standard InChI is InChI=1S/C13H22N4O/c1-3-17-6-4-5-10(9-17)7-11-8-12(14)13(18-2)16-15-11/h8,10H,3-7,9H2,1-2H3,(H2,14,15). The van der Waals surface area contributed by atoms with Crippen molar-refractivity contribution in [1.29, 1.82) is 0 Å². The molecule has 0 saturated carbocycles. The first-order chi connectivity index (χ1) is 8.72. The fourth-order valence-corrected chi connectivity index (χ4v) is 2.60. The summed E-state index contributed by atoms with van der Waals surface area (Å²) >= 11 is 0. The topological polar surface area (TPSA) is 64.3 Å². The van der Waals surface area contributed by atoms with Gasteiger partial charge >= 0.3 is 0 Å². The first kappa shape index (κ1) is 13.1. The molecule has 18 heavy (non-hydrogen) atoms. The molecule has 2 N–H and O–H groups in total. The number of piperidine rings is 1. The summed E-state index contributed by atoms with van der Waals surface area (Å²) in [6.07, 6.45) is 3.50. The lowest BCUT2D eigenvalue weighted by Crippen LogP contribution is -2.36. The Morgan fingerprint density at radius 2 is 2.33 bits per heavy atom. The summed E-state index contributed by atoms with van der Waals surface area (Å²) in [6.45, 7) is 5.73. The Labute approximate surface area is 108 Å². The number of likely N-dealkylation sites (tertiary alicyclic amines) is 1. The third-order valence-electron chi connectivity index (χ3n) is 3.58. The number of nitrogens with two attached hydrogens (primary N) is 1. The van der Waals surface area contributed by atoms with E-state index in [0.717, 1.165) is 25.2 Å². The summed E-state index contributed by atoms with van der Waals surface area (Å²) < 4.78 is 5.02. The number of methoxy groups -OCH3 is 1. The maximum absolute atomic E-state index is 5.85. The van der Waals surface area contributed by atoms with Gasteiger partial charge in [-0.25, -0.2) is 0 Å². The van der Waals surface area contributed by atoms with Gasteiger partial charge < -0.3 is 15.4 Å². The fraction of sp³-hybridized carbons (Fsp3) is 0.692. The lowest BCUT2D eigenvalue weighted by molar-refractivity contribution is 0.181. The van der Waals surface area contributed by atoms with Gasteiger partial charge in [-0.2, -0.15) is 5.10 Å². The molecule has 5 heteroatoms. The van der Waals surface area contributed by atoms with Crippen molar-refractivity contribution < 1.29 is 4.74 Å². The second kappa shape index (κ2) is 6.00. The van der Waals surface area contributed by atoms with Gasteiger partial charge in [0.2, 0.25) is 0 Å². The number of ether oxygens (including phenoxy) is 1. The van der Waals surface area contributed by atoms with Crippen molar-refractivity contribution in [2.75, 3.05) is 32.5 Å². The van der Waals surface area contributed by atoms with Crippen LogP contribution in [0.4, 0.5) is 5.69 Å². The summed E-state index contributed by atoms with van der Waals surface area (Å²) in [5, 5.41) is 8.17. The predicted octanol–water partition coefficient (Wildman–Crippen LogP) is 1.34. The number of hydrogen-bond donors (Lipinski definition) is 1. The van der Waals surface area contributed by atoms with Gasteiger partial charge in [0, 0.05) is 6.54 Å². The molecular weight excluding hydrogens is 228 g/mol. The molecule has 1 aromatic rings. The van der Waals surface area contributed by atoms with Crippen molar-refractivity contribution in [3.63, 3.8) is 0 Å². The van der Waals surface area contributed by atoms with Gasteiger partial charge in [-0.05, 0) is 44.3 Å². The van der Waals surface area contributed by atoms with Crippen molar-refractivity contribution in [3.05, 3.63) is 11.8 Å². The van der Waals surface area contributed by atoms with E-state index in [1.165, 1.54) is 19.4 Å². The summed E-state index contributed by atoms with van der Waals surface area (Å²) in [7, 11) is 1.56. The normalized spacial score (nSPS) is 20.9. The molecule has 1 atom stereocenters. The molecule has 0 radical (unpaired) electrons. The zero-order chi connectivity index (χ0) is 13.0. The Morgan fingerprint density at radius 1 is 1.50 bits per heavy atom. The van der Waals surface area contributed by atoms with E-state index < -0.39 is 0 Å². The smallest absolute Gasteiger partial charge is 0.256 e. The van der Waals surface area contributed by atoms with Gasteiger partial charge in [-0.3, -0.25) is 0 Å². The molecule has 100 valence electrons. The molecule has 2 heterocycles. The lowest BCUT2D eigenvalue weighted by atomic mass is 9.93. The molecule has 1 aliphatic rings. The van der Waals surface area contributed by atoms with Crippen LogP contribution in [0.5, 0.6) is 5.88 Å². The number of anilines is 1. The second-order valence-electron chi connectivity index (χ2n) is 4.91. The molecule has 0 amide bonds. The molecule has 5 nitrogen and oxygen atoms in total. The van der Waals surface area contributed by atoms with Crippen LogP contribution >= 0.6 is 0 Å². The van der Waals surface area contributed by atoms with E-state index in [2.05, 4.69) is 22.0 Å². The van der Waals surface area contributed by atoms with Crippen LogP contribution in [-0.4, -0.2) is 41.8 Å². The predicted molar refractivity (Wildman–Crippen MR) is 71.5 cm³/mol. The van der Waals surface area contributed by atoms with Crippen LogP contribution in [0.25, 0.3) is 0 Å². The van der Waals surface area contributed by atoms with Gasteiger partial charge in [-0.15, -0.1) is 5.10 Å². The maximum Gasteiger partial charge on any atom is 0.256 e. The zero-order valence-electron chi connectivity index (χ0n) is 11.2. The number of nitrogens with zero attached hydrogens (tertiary/aromatic N) is 3. The Kier molecular flexibility index (Phi) is 4.36. The monoisotopic (exact) mass is 250 g/mol. The first-order valence-electron chi connectivity index (χ1n) is 6.61. The molecule has 0 aliphatic carbocycles. The molecule has 0 aromatic carbocycles. The Balaban J connectivity index is 1.98. The van der Waals surface area contributed by atoms with Gasteiger partial charge in [0.15, 0.2) is 0 Å². The van der Waals surface area contributed by atoms with Crippen molar-refractivity contribution in [1.82, 2.24) is 15.1 Å². The SMILES string of the molecule is CCN1CCCC(Cc2cc(N)c(OC)nn2)C1. The zero-order valence-corrected chi connectivity index (χ0v) is 11.2. The molecule has 1 fully saturated rings. The van der Waals surface area contributed by atoms with Crippen LogP contribution in [0.15, 0.2) is 6.07 Å². The fourth-order valence-electron chi connectivity index (χ4n) is 2.60. The molecule has 2 rings (SSSR count). The van der Waals surface area contributed by atoms with E-state index >= 15 is 0 Å². The average molecular weight is 250 g/mol. The molecule has 1 saturated heterocycles. The lowest BCUT2D eigenvalue weighted by Gasteiger charge is -2.31. The van der Waals surface area contributed by atoms with Crippen molar-refractivity contribution in [3.8, 4) is 5.88 Å². The quantitative estimate of drug-likeness (QED) is 0.873. The van der Waals surface area contributed by atoms with Crippen molar-refractivity contribution in [2.24, 2.45) is 5.92 Å². The van der Waals surface area contributed by atoms with E-state index in [4.69, 9.17) is 10.5 Å². The Hall–Kier alpha value is -1.36. The van der Waals surface area contributed by atoms with E-state index in [0.29, 0.717) is 17.5 Å². The maximum atomic E-state index is 5.85. The number of rotatable bonds is 4. The third kappa shape index (κ3) is 3.10.